The van der Waals surface area contributed by atoms with Crippen molar-refractivity contribution in [1.82, 2.24) is 9.55 Å². The van der Waals surface area contributed by atoms with Crippen LogP contribution in [-0.4, -0.2) is 30.1 Å². The van der Waals surface area contributed by atoms with Crippen molar-refractivity contribution in [2.45, 2.75) is 37.1 Å². The molecule has 1 amide bonds. The fraction of sp³-hybridized carbons (Fsp3) is 0.316. The van der Waals surface area contributed by atoms with E-state index in [9.17, 15) is 18.0 Å². The number of aromatic nitrogens is 2. The summed E-state index contributed by atoms with van der Waals surface area (Å²) < 4.78 is 24.3. The van der Waals surface area contributed by atoms with E-state index in [2.05, 4.69) is 10.3 Å². The first kappa shape index (κ1) is 18.8. The molecule has 1 N–H and O–H groups in total. The number of hydrogen-bond donors (Lipinski definition) is 1. The van der Waals surface area contributed by atoms with Gasteiger partial charge in [0.15, 0.2) is 9.84 Å². The highest BCUT2D eigenvalue weighted by Crippen LogP contribution is 2.33. The maximum atomic E-state index is 12.9. The normalized spacial score (nSPS) is 14.0. The fourth-order valence-corrected chi connectivity index (χ4v) is 5.28. The molecule has 0 atom stereocenters. The summed E-state index contributed by atoms with van der Waals surface area (Å²) in [5.74, 6) is -0.376. The summed E-state index contributed by atoms with van der Waals surface area (Å²) in [6.07, 6.45) is 6.61. The molecule has 0 fully saturated rings. The summed E-state index contributed by atoms with van der Waals surface area (Å²) in [7, 11) is -3.29. The summed E-state index contributed by atoms with van der Waals surface area (Å²) in [6.45, 7) is -0.153. The van der Waals surface area contributed by atoms with Crippen LogP contribution in [-0.2, 0) is 34.0 Å². The average molecular weight is 418 g/mol. The standard InChI is InChI=1S/C19H19N3O4S2/c1-28(25,26)13-8-6-12(7-9-13)21-16(23)10-22-11-20-18-17(19(22)24)14-4-2-3-5-15(14)27-18/h6-9,11H,2-5,10H2,1H3,(H,21,23). The minimum atomic E-state index is -3.29. The fourth-order valence-electron chi connectivity index (χ4n) is 3.43. The van der Waals surface area contributed by atoms with Crippen molar-refractivity contribution >= 4 is 43.0 Å². The zero-order chi connectivity index (χ0) is 19.9. The molecule has 0 saturated carbocycles. The predicted octanol–water partition coefficient (Wildman–Crippen LogP) is 2.38. The van der Waals surface area contributed by atoms with Crippen molar-refractivity contribution in [2.24, 2.45) is 0 Å². The first-order chi connectivity index (χ1) is 13.3. The highest BCUT2D eigenvalue weighted by molar-refractivity contribution is 7.90. The summed E-state index contributed by atoms with van der Waals surface area (Å²) in [4.78, 5) is 31.8. The third-order valence-electron chi connectivity index (χ3n) is 4.82. The van der Waals surface area contributed by atoms with E-state index in [0.717, 1.165) is 42.3 Å². The molecule has 0 unspecified atom stereocenters. The number of nitrogens with zero attached hydrogens (tertiary/aromatic N) is 2. The molecule has 2 heterocycles. The molecule has 0 saturated heterocycles. The number of sulfone groups is 1. The smallest absolute Gasteiger partial charge is 0.262 e. The van der Waals surface area contributed by atoms with Crippen LogP contribution in [0.25, 0.3) is 10.2 Å². The molecular weight excluding hydrogens is 398 g/mol. The molecule has 7 nitrogen and oxygen atoms in total. The third-order valence-corrected chi connectivity index (χ3v) is 7.15. The van der Waals surface area contributed by atoms with Gasteiger partial charge in [0.25, 0.3) is 5.56 Å². The lowest BCUT2D eigenvalue weighted by molar-refractivity contribution is -0.116. The number of fused-ring (bicyclic) bond motifs is 3. The molecule has 2 aromatic heterocycles. The van der Waals surface area contributed by atoms with Gasteiger partial charge < -0.3 is 5.32 Å². The second-order valence-corrected chi connectivity index (χ2v) is 10.0. The highest BCUT2D eigenvalue weighted by atomic mass is 32.2. The largest absolute Gasteiger partial charge is 0.325 e. The van der Waals surface area contributed by atoms with Gasteiger partial charge in [0.1, 0.15) is 11.4 Å². The Kier molecular flexibility index (Phi) is 4.80. The third kappa shape index (κ3) is 3.59. The molecule has 9 heteroatoms. The highest BCUT2D eigenvalue weighted by Gasteiger charge is 2.20. The molecule has 0 radical (unpaired) electrons. The first-order valence-corrected chi connectivity index (χ1v) is 11.6. The van der Waals surface area contributed by atoms with Gasteiger partial charge in [0, 0.05) is 16.8 Å². The number of benzene rings is 1. The van der Waals surface area contributed by atoms with Crippen molar-refractivity contribution in [3.63, 3.8) is 0 Å². The van der Waals surface area contributed by atoms with E-state index in [1.807, 2.05) is 0 Å². The molecule has 0 aliphatic heterocycles. The SMILES string of the molecule is CS(=O)(=O)c1ccc(NC(=O)Cn2cnc3sc4c(c3c2=O)CCCC4)cc1. The molecular formula is C19H19N3O4S2. The number of thiophene rings is 1. The van der Waals surface area contributed by atoms with Gasteiger partial charge >= 0.3 is 0 Å². The maximum absolute atomic E-state index is 12.9. The molecule has 1 aromatic carbocycles. The van der Waals surface area contributed by atoms with Gasteiger partial charge in [-0.3, -0.25) is 14.2 Å². The minimum absolute atomic E-state index is 0.153. The van der Waals surface area contributed by atoms with Crippen LogP contribution in [0.3, 0.4) is 0 Å². The molecule has 146 valence electrons. The van der Waals surface area contributed by atoms with Gasteiger partial charge in [-0.1, -0.05) is 0 Å². The summed E-state index contributed by atoms with van der Waals surface area (Å²) >= 11 is 1.57. The van der Waals surface area contributed by atoms with E-state index in [1.54, 1.807) is 11.3 Å². The van der Waals surface area contributed by atoms with Crippen molar-refractivity contribution in [3.05, 3.63) is 51.4 Å². The summed E-state index contributed by atoms with van der Waals surface area (Å²) in [5, 5.41) is 3.33. The Bertz CT molecular complexity index is 1220. The van der Waals surface area contributed by atoms with Crippen molar-refractivity contribution in [1.29, 1.82) is 0 Å². The summed E-state index contributed by atoms with van der Waals surface area (Å²) in [6, 6.07) is 5.91. The quantitative estimate of drug-likeness (QED) is 0.703. The minimum Gasteiger partial charge on any atom is -0.325 e. The van der Waals surface area contributed by atoms with E-state index in [-0.39, 0.29) is 22.9 Å². The van der Waals surface area contributed by atoms with Crippen molar-refractivity contribution < 1.29 is 13.2 Å². The number of carbonyl (C=O) groups excluding carboxylic acids is 1. The zero-order valence-electron chi connectivity index (χ0n) is 15.3. The number of carbonyl (C=O) groups is 1. The Morgan fingerprint density at radius 2 is 1.93 bits per heavy atom. The lowest BCUT2D eigenvalue weighted by Crippen LogP contribution is -2.28. The second kappa shape index (κ2) is 7.14. The van der Waals surface area contributed by atoms with Gasteiger partial charge in [0.05, 0.1) is 16.6 Å². The van der Waals surface area contributed by atoms with Gasteiger partial charge in [0.2, 0.25) is 5.91 Å². The Labute approximate surface area is 166 Å². The van der Waals surface area contributed by atoms with Crippen LogP contribution in [0, 0.1) is 0 Å². The van der Waals surface area contributed by atoms with E-state index < -0.39 is 9.84 Å². The van der Waals surface area contributed by atoms with E-state index >= 15 is 0 Å². The average Bonchev–Trinajstić information content (AvgIpc) is 3.03. The lowest BCUT2D eigenvalue weighted by atomic mass is 9.97. The molecule has 4 rings (SSSR count). The van der Waals surface area contributed by atoms with Crippen molar-refractivity contribution in [3.8, 4) is 0 Å². The van der Waals surface area contributed by atoms with Crippen LogP contribution in [0.15, 0.2) is 40.3 Å². The number of nitrogens with one attached hydrogen (secondary N) is 1. The lowest BCUT2D eigenvalue weighted by Gasteiger charge is -2.11. The number of anilines is 1. The molecule has 3 aromatic rings. The van der Waals surface area contributed by atoms with Gasteiger partial charge in [-0.2, -0.15) is 0 Å². The van der Waals surface area contributed by atoms with Gasteiger partial charge in [-0.05, 0) is 55.5 Å². The number of hydrogen-bond acceptors (Lipinski definition) is 6. The molecule has 1 aliphatic rings. The van der Waals surface area contributed by atoms with Crippen LogP contribution >= 0.6 is 11.3 Å². The summed E-state index contributed by atoms with van der Waals surface area (Å²) in [5.41, 5.74) is 1.37. The predicted molar refractivity (Wildman–Crippen MR) is 109 cm³/mol. The topological polar surface area (TPSA) is 98.1 Å². The monoisotopic (exact) mass is 417 g/mol. The second-order valence-electron chi connectivity index (χ2n) is 6.91. The Hall–Kier alpha value is -2.52. The van der Waals surface area contributed by atoms with Crippen LogP contribution in [0.4, 0.5) is 5.69 Å². The zero-order valence-corrected chi connectivity index (χ0v) is 16.9. The van der Waals surface area contributed by atoms with E-state index in [4.69, 9.17) is 0 Å². The Morgan fingerprint density at radius 3 is 2.64 bits per heavy atom. The van der Waals surface area contributed by atoms with Crippen molar-refractivity contribution in [2.75, 3.05) is 11.6 Å². The van der Waals surface area contributed by atoms with E-state index in [1.165, 1.54) is 40.0 Å². The Balaban J connectivity index is 1.55. The molecule has 0 spiro atoms. The molecule has 0 bridgehead atoms. The number of rotatable bonds is 4. The number of amides is 1. The Morgan fingerprint density at radius 1 is 1.21 bits per heavy atom. The first-order valence-electron chi connectivity index (χ1n) is 8.92. The van der Waals surface area contributed by atoms with Gasteiger partial charge in [-0.15, -0.1) is 11.3 Å². The van der Waals surface area contributed by atoms with Crippen LogP contribution in [0.2, 0.25) is 0 Å². The van der Waals surface area contributed by atoms with Gasteiger partial charge in [-0.25, -0.2) is 13.4 Å². The number of aryl methyl sites for hydroxylation is 2. The van der Waals surface area contributed by atoms with E-state index in [0.29, 0.717) is 11.1 Å². The molecule has 1 aliphatic carbocycles. The molecule has 28 heavy (non-hydrogen) atoms. The van der Waals surface area contributed by atoms with Crippen LogP contribution < -0.4 is 10.9 Å². The maximum Gasteiger partial charge on any atom is 0.262 e. The van der Waals surface area contributed by atoms with Crippen LogP contribution in [0.1, 0.15) is 23.3 Å². The van der Waals surface area contributed by atoms with Crippen LogP contribution in [0.5, 0.6) is 0 Å².